The number of nitrogens with zero attached hydrogens (tertiary/aromatic N) is 2. The molecule has 1 aliphatic rings. The summed E-state index contributed by atoms with van der Waals surface area (Å²) in [5.41, 5.74) is 1.78. The van der Waals surface area contributed by atoms with Crippen LogP contribution in [0.25, 0.3) is 0 Å². The van der Waals surface area contributed by atoms with Crippen LogP contribution in [0.3, 0.4) is 0 Å². The molecule has 1 aromatic carbocycles. The number of nitrogens with one attached hydrogen (secondary N) is 1. The highest BCUT2D eigenvalue weighted by Crippen LogP contribution is 2.17. The van der Waals surface area contributed by atoms with Crippen molar-refractivity contribution in [1.29, 1.82) is 0 Å². The zero-order chi connectivity index (χ0) is 16.1. The number of hydrogen-bond donors (Lipinski definition) is 2. The number of likely N-dealkylation sites (tertiary alicyclic amines) is 1. The van der Waals surface area contributed by atoms with E-state index in [-0.39, 0.29) is 12.0 Å². The highest BCUT2D eigenvalue weighted by molar-refractivity contribution is 7.09. The maximum absolute atomic E-state index is 12.0. The fourth-order valence-corrected chi connectivity index (χ4v) is 3.55. The van der Waals surface area contributed by atoms with Crippen LogP contribution in [-0.4, -0.2) is 40.1 Å². The van der Waals surface area contributed by atoms with Crippen LogP contribution >= 0.6 is 11.3 Å². The van der Waals surface area contributed by atoms with E-state index in [2.05, 4.69) is 15.2 Å². The van der Waals surface area contributed by atoms with Crippen LogP contribution in [0.4, 0.5) is 5.69 Å². The maximum Gasteiger partial charge on any atom is 0.231 e. The van der Waals surface area contributed by atoms with Gasteiger partial charge in [-0.15, -0.1) is 11.3 Å². The summed E-state index contributed by atoms with van der Waals surface area (Å²) in [5.74, 6) is -0.0505. The number of piperidine rings is 1. The highest BCUT2D eigenvalue weighted by atomic mass is 32.1. The molecule has 0 radical (unpaired) electrons. The predicted octanol–water partition coefficient (Wildman–Crippen LogP) is 2.28. The molecule has 1 fully saturated rings. The first-order valence-corrected chi connectivity index (χ1v) is 8.75. The quantitative estimate of drug-likeness (QED) is 0.882. The van der Waals surface area contributed by atoms with Crippen LogP contribution in [0.5, 0.6) is 0 Å². The van der Waals surface area contributed by atoms with Gasteiger partial charge < -0.3 is 10.4 Å². The van der Waals surface area contributed by atoms with Crippen LogP contribution in [0.2, 0.25) is 0 Å². The van der Waals surface area contributed by atoms with Gasteiger partial charge in [0.05, 0.1) is 18.2 Å². The average molecular weight is 331 g/mol. The lowest BCUT2D eigenvalue weighted by Gasteiger charge is -2.29. The Kier molecular flexibility index (Phi) is 5.38. The molecule has 122 valence electrons. The molecule has 0 unspecified atom stereocenters. The Hall–Kier alpha value is -1.76. The molecule has 0 bridgehead atoms. The number of rotatable bonds is 5. The SMILES string of the molecule is O=C(Cc1nc(CN2CCC[C@@H](O)C2)cs1)Nc1ccccc1. The van der Waals surface area contributed by atoms with Gasteiger partial charge in [-0.25, -0.2) is 4.98 Å². The van der Waals surface area contributed by atoms with Crippen molar-refractivity contribution in [1.82, 2.24) is 9.88 Å². The van der Waals surface area contributed by atoms with Gasteiger partial charge in [-0.3, -0.25) is 9.69 Å². The van der Waals surface area contributed by atoms with Crippen molar-refractivity contribution in [3.05, 3.63) is 46.4 Å². The molecule has 1 aromatic heterocycles. The molecule has 23 heavy (non-hydrogen) atoms. The van der Waals surface area contributed by atoms with E-state index in [1.54, 1.807) is 0 Å². The predicted molar refractivity (Wildman–Crippen MR) is 91.4 cm³/mol. The largest absolute Gasteiger partial charge is 0.392 e. The molecular formula is C17H21N3O2S. The molecule has 1 saturated heterocycles. The van der Waals surface area contributed by atoms with Crippen molar-refractivity contribution in [2.75, 3.05) is 18.4 Å². The summed E-state index contributed by atoms with van der Waals surface area (Å²) in [6.07, 6.45) is 1.98. The summed E-state index contributed by atoms with van der Waals surface area (Å²) in [4.78, 5) is 18.8. The van der Waals surface area contributed by atoms with Gasteiger partial charge in [0.25, 0.3) is 0 Å². The van der Waals surface area contributed by atoms with E-state index in [4.69, 9.17) is 0 Å². The normalized spacial score (nSPS) is 18.7. The summed E-state index contributed by atoms with van der Waals surface area (Å²) >= 11 is 1.52. The summed E-state index contributed by atoms with van der Waals surface area (Å²) in [7, 11) is 0. The van der Waals surface area contributed by atoms with Crippen molar-refractivity contribution in [3.63, 3.8) is 0 Å². The van der Waals surface area contributed by atoms with Gasteiger partial charge in [-0.2, -0.15) is 0 Å². The third-order valence-corrected chi connectivity index (χ3v) is 4.73. The Bertz CT molecular complexity index is 644. The van der Waals surface area contributed by atoms with Gasteiger partial charge >= 0.3 is 0 Å². The number of para-hydroxylation sites is 1. The van der Waals surface area contributed by atoms with Gasteiger partial charge in [-0.05, 0) is 31.5 Å². The van der Waals surface area contributed by atoms with Crippen LogP contribution in [-0.2, 0) is 17.8 Å². The number of benzene rings is 1. The molecule has 0 aliphatic carbocycles. The van der Waals surface area contributed by atoms with E-state index in [0.29, 0.717) is 13.0 Å². The first-order valence-electron chi connectivity index (χ1n) is 7.87. The topological polar surface area (TPSA) is 65.5 Å². The maximum atomic E-state index is 12.0. The molecule has 1 aliphatic heterocycles. The first kappa shape index (κ1) is 16.1. The summed E-state index contributed by atoms with van der Waals surface area (Å²) in [6, 6.07) is 9.44. The van der Waals surface area contributed by atoms with Crippen LogP contribution < -0.4 is 5.32 Å². The highest BCUT2D eigenvalue weighted by Gasteiger charge is 2.18. The Balaban J connectivity index is 1.51. The Morgan fingerprint density at radius 2 is 2.22 bits per heavy atom. The summed E-state index contributed by atoms with van der Waals surface area (Å²) in [6.45, 7) is 2.45. The molecular weight excluding hydrogens is 310 g/mol. The number of β-amino-alcohol motifs (C(OH)–C–C–N with tert-alkyl or cyclic N) is 1. The van der Waals surface area contributed by atoms with E-state index in [0.717, 1.165) is 42.3 Å². The van der Waals surface area contributed by atoms with Crippen molar-refractivity contribution < 1.29 is 9.90 Å². The zero-order valence-corrected chi connectivity index (χ0v) is 13.8. The van der Waals surface area contributed by atoms with Gasteiger partial charge in [0, 0.05) is 24.2 Å². The number of aliphatic hydroxyl groups excluding tert-OH is 1. The van der Waals surface area contributed by atoms with Gasteiger partial charge in [0.2, 0.25) is 5.91 Å². The Morgan fingerprint density at radius 3 is 3.00 bits per heavy atom. The number of carbonyl (C=O) groups excluding carboxylic acids is 1. The molecule has 2 aromatic rings. The molecule has 6 heteroatoms. The fourth-order valence-electron chi connectivity index (χ4n) is 2.77. The fraction of sp³-hybridized carbons (Fsp3) is 0.412. The third-order valence-electron chi connectivity index (χ3n) is 3.83. The number of carbonyl (C=O) groups is 1. The average Bonchev–Trinajstić information content (AvgIpc) is 2.95. The van der Waals surface area contributed by atoms with Gasteiger partial charge in [-0.1, -0.05) is 18.2 Å². The lowest BCUT2D eigenvalue weighted by molar-refractivity contribution is -0.115. The van der Waals surface area contributed by atoms with Crippen molar-refractivity contribution >= 4 is 22.9 Å². The van der Waals surface area contributed by atoms with E-state index in [1.807, 2.05) is 35.7 Å². The second-order valence-corrected chi connectivity index (χ2v) is 6.80. The van der Waals surface area contributed by atoms with Crippen molar-refractivity contribution in [2.24, 2.45) is 0 Å². The van der Waals surface area contributed by atoms with Crippen molar-refractivity contribution in [3.8, 4) is 0 Å². The Morgan fingerprint density at radius 1 is 1.39 bits per heavy atom. The second kappa shape index (κ2) is 7.68. The van der Waals surface area contributed by atoms with E-state index < -0.39 is 0 Å². The number of hydrogen-bond acceptors (Lipinski definition) is 5. The number of anilines is 1. The molecule has 3 rings (SSSR count). The van der Waals surface area contributed by atoms with Gasteiger partial charge in [0.1, 0.15) is 5.01 Å². The monoisotopic (exact) mass is 331 g/mol. The molecule has 1 amide bonds. The van der Waals surface area contributed by atoms with Crippen LogP contribution in [0.1, 0.15) is 23.5 Å². The van der Waals surface area contributed by atoms with Crippen molar-refractivity contribution in [2.45, 2.75) is 31.9 Å². The minimum absolute atomic E-state index is 0.0505. The van der Waals surface area contributed by atoms with Gasteiger partial charge in [0.15, 0.2) is 0 Å². The van der Waals surface area contributed by atoms with Crippen LogP contribution in [0.15, 0.2) is 35.7 Å². The standard InChI is InChI=1S/C17H21N3O2S/c21-15-7-4-8-20(11-15)10-14-12-23-17(19-14)9-16(22)18-13-5-2-1-3-6-13/h1-3,5-6,12,15,21H,4,7-11H2,(H,18,22)/t15-/m1/s1. The number of aromatic nitrogens is 1. The van der Waals surface area contributed by atoms with Crippen LogP contribution in [0, 0.1) is 0 Å². The summed E-state index contributed by atoms with van der Waals surface area (Å²) in [5, 5.41) is 15.4. The minimum atomic E-state index is -0.224. The smallest absolute Gasteiger partial charge is 0.231 e. The first-order chi connectivity index (χ1) is 11.2. The molecule has 5 nitrogen and oxygen atoms in total. The summed E-state index contributed by atoms with van der Waals surface area (Å²) < 4.78 is 0. The number of thiazole rings is 1. The zero-order valence-electron chi connectivity index (χ0n) is 12.9. The molecule has 2 N–H and O–H groups in total. The van der Waals surface area contributed by atoms with E-state index in [1.165, 1.54) is 11.3 Å². The minimum Gasteiger partial charge on any atom is -0.392 e. The lowest BCUT2D eigenvalue weighted by atomic mass is 10.1. The molecule has 0 saturated carbocycles. The molecule has 0 spiro atoms. The number of amides is 1. The van der Waals surface area contributed by atoms with E-state index >= 15 is 0 Å². The molecule has 2 heterocycles. The lowest BCUT2D eigenvalue weighted by Crippen LogP contribution is -2.37. The second-order valence-electron chi connectivity index (χ2n) is 5.85. The number of aliphatic hydroxyl groups is 1. The Labute approximate surface area is 140 Å². The molecule has 1 atom stereocenters. The third kappa shape index (κ3) is 4.86. The van der Waals surface area contributed by atoms with E-state index in [9.17, 15) is 9.90 Å².